The van der Waals surface area contributed by atoms with Gasteiger partial charge in [0, 0.05) is 12.6 Å². The van der Waals surface area contributed by atoms with E-state index in [0.29, 0.717) is 11.1 Å². The van der Waals surface area contributed by atoms with Crippen molar-refractivity contribution in [1.82, 2.24) is 4.98 Å². The molecule has 4 nitrogen and oxygen atoms in total. The van der Waals surface area contributed by atoms with Gasteiger partial charge in [-0.3, -0.25) is 9.98 Å². The summed E-state index contributed by atoms with van der Waals surface area (Å²) in [7, 11) is 1.74. The van der Waals surface area contributed by atoms with Crippen LogP contribution in [0.1, 0.15) is 5.56 Å². The van der Waals surface area contributed by atoms with Gasteiger partial charge in [0.25, 0.3) is 0 Å². The molecule has 0 aliphatic rings. The number of hydrogen-bond donors (Lipinski definition) is 1. The predicted molar refractivity (Wildman–Crippen MR) is 62.8 cm³/mol. The molecule has 0 unspecified atom stereocenters. The molecule has 0 aliphatic heterocycles. The molecule has 2 aromatic rings. The SMILES string of the molecule is CN=C(SC)c1ccc2[nH]c(=O)oc2c1. The minimum atomic E-state index is -0.429. The van der Waals surface area contributed by atoms with E-state index in [1.165, 1.54) is 0 Å². The lowest BCUT2D eigenvalue weighted by atomic mass is 10.2. The Bertz CT molecular complexity index is 568. The molecule has 1 heterocycles. The molecule has 0 saturated heterocycles. The fraction of sp³-hybridized carbons (Fsp3) is 0.200. The van der Waals surface area contributed by atoms with E-state index in [1.807, 2.05) is 24.5 Å². The highest BCUT2D eigenvalue weighted by Gasteiger charge is 2.05. The van der Waals surface area contributed by atoms with Gasteiger partial charge in [0.15, 0.2) is 5.58 Å². The number of thioether (sulfide) groups is 1. The molecule has 0 bridgehead atoms. The number of H-pyrrole nitrogens is 1. The number of aliphatic imine (C=N–C) groups is 1. The smallest absolute Gasteiger partial charge is 0.408 e. The van der Waals surface area contributed by atoms with Crippen molar-refractivity contribution in [2.75, 3.05) is 13.3 Å². The van der Waals surface area contributed by atoms with E-state index in [9.17, 15) is 4.79 Å². The fourth-order valence-corrected chi connectivity index (χ4v) is 1.96. The normalized spacial score (nSPS) is 12.3. The Morgan fingerprint density at radius 1 is 1.53 bits per heavy atom. The fourth-order valence-electron chi connectivity index (χ4n) is 1.42. The number of aromatic amines is 1. The van der Waals surface area contributed by atoms with E-state index in [-0.39, 0.29) is 0 Å². The molecule has 0 radical (unpaired) electrons. The lowest BCUT2D eigenvalue weighted by molar-refractivity contribution is 0.555. The molecule has 0 saturated carbocycles. The summed E-state index contributed by atoms with van der Waals surface area (Å²) in [6.07, 6.45) is 1.96. The van der Waals surface area contributed by atoms with Crippen LogP contribution in [-0.2, 0) is 0 Å². The number of oxazole rings is 1. The molecule has 5 heteroatoms. The van der Waals surface area contributed by atoms with Crippen molar-refractivity contribution in [3.8, 4) is 0 Å². The van der Waals surface area contributed by atoms with Gasteiger partial charge in [-0.1, -0.05) is 0 Å². The third kappa shape index (κ3) is 1.83. The number of aromatic nitrogens is 1. The van der Waals surface area contributed by atoms with Gasteiger partial charge in [0.1, 0.15) is 0 Å². The molecule has 15 heavy (non-hydrogen) atoms. The largest absolute Gasteiger partial charge is 0.417 e. The Balaban J connectivity index is 2.60. The van der Waals surface area contributed by atoms with E-state index in [4.69, 9.17) is 4.42 Å². The molecule has 78 valence electrons. The van der Waals surface area contributed by atoms with Crippen LogP contribution in [-0.4, -0.2) is 23.3 Å². The number of nitrogens with one attached hydrogen (secondary N) is 1. The van der Waals surface area contributed by atoms with E-state index < -0.39 is 5.76 Å². The Hall–Kier alpha value is -1.49. The van der Waals surface area contributed by atoms with Crippen molar-refractivity contribution in [1.29, 1.82) is 0 Å². The highest BCUT2D eigenvalue weighted by molar-refractivity contribution is 8.13. The van der Waals surface area contributed by atoms with Crippen molar-refractivity contribution >= 4 is 27.9 Å². The first-order valence-corrected chi connectivity index (χ1v) is 5.61. The van der Waals surface area contributed by atoms with Gasteiger partial charge in [-0.25, -0.2) is 4.79 Å². The number of fused-ring (bicyclic) bond motifs is 1. The molecule has 2 rings (SSSR count). The zero-order chi connectivity index (χ0) is 10.8. The minimum Gasteiger partial charge on any atom is -0.408 e. The highest BCUT2D eigenvalue weighted by atomic mass is 32.2. The lowest BCUT2D eigenvalue weighted by Crippen LogP contribution is -1.93. The maximum absolute atomic E-state index is 11.0. The number of rotatable bonds is 1. The molecule has 1 aromatic carbocycles. The molecule has 0 amide bonds. The first kappa shape index (κ1) is 10.0. The van der Waals surface area contributed by atoms with Crippen molar-refractivity contribution in [2.45, 2.75) is 0 Å². The van der Waals surface area contributed by atoms with Crippen molar-refractivity contribution in [3.63, 3.8) is 0 Å². The van der Waals surface area contributed by atoms with E-state index in [0.717, 1.165) is 10.6 Å². The van der Waals surface area contributed by atoms with Gasteiger partial charge in [-0.15, -0.1) is 11.8 Å². The molecule has 0 spiro atoms. The average Bonchev–Trinajstić information content (AvgIpc) is 2.59. The van der Waals surface area contributed by atoms with Crippen molar-refractivity contribution < 1.29 is 4.42 Å². The van der Waals surface area contributed by atoms with Crippen LogP contribution in [0.25, 0.3) is 11.1 Å². The summed E-state index contributed by atoms with van der Waals surface area (Å²) in [5.41, 5.74) is 2.23. The number of hydrogen-bond acceptors (Lipinski definition) is 4. The highest BCUT2D eigenvalue weighted by Crippen LogP contribution is 2.16. The minimum absolute atomic E-state index is 0.429. The lowest BCUT2D eigenvalue weighted by Gasteiger charge is -2.00. The summed E-state index contributed by atoms with van der Waals surface area (Å²) in [5, 5.41) is 0.917. The maximum atomic E-state index is 11.0. The second kappa shape index (κ2) is 3.94. The van der Waals surface area contributed by atoms with Gasteiger partial charge in [0.2, 0.25) is 0 Å². The third-order valence-electron chi connectivity index (χ3n) is 2.06. The predicted octanol–water partition coefficient (Wildman–Crippen LogP) is 1.86. The average molecular weight is 222 g/mol. The second-order valence-electron chi connectivity index (χ2n) is 2.96. The van der Waals surface area contributed by atoms with Gasteiger partial charge in [-0.05, 0) is 24.5 Å². The Labute approximate surface area is 90.4 Å². The maximum Gasteiger partial charge on any atom is 0.417 e. The first-order valence-electron chi connectivity index (χ1n) is 4.38. The zero-order valence-electron chi connectivity index (χ0n) is 8.40. The summed E-state index contributed by atoms with van der Waals surface area (Å²) in [5.74, 6) is -0.429. The third-order valence-corrected chi connectivity index (χ3v) is 2.87. The summed E-state index contributed by atoms with van der Waals surface area (Å²) in [6.45, 7) is 0. The number of nitrogens with zero attached hydrogens (tertiary/aromatic N) is 1. The standard InChI is InChI=1S/C10H10N2O2S/c1-11-9(15-2)6-3-4-7-8(5-6)14-10(13)12-7/h3-5H,1-2H3,(H,12,13). The Morgan fingerprint density at radius 2 is 2.33 bits per heavy atom. The van der Waals surface area contributed by atoms with E-state index >= 15 is 0 Å². The van der Waals surface area contributed by atoms with E-state index in [2.05, 4.69) is 9.98 Å². The first-order chi connectivity index (χ1) is 7.24. The molecule has 1 N–H and O–H groups in total. The monoisotopic (exact) mass is 222 g/mol. The van der Waals surface area contributed by atoms with Crippen LogP contribution in [0, 0.1) is 0 Å². The van der Waals surface area contributed by atoms with Gasteiger partial charge >= 0.3 is 5.76 Å². The van der Waals surface area contributed by atoms with Crippen LogP contribution in [0.15, 0.2) is 32.4 Å². The quantitative estimate of drug-likeness (QED) is 0.592. The van der Waals surface area contributed by atoms with Crippen LogP contribution >= 0.6 is 11.8 Å². The number of benzene rings is 1. The zero-order valence-corrected chi connectivity index (χ0v) is 9.22. The molecule has 0 atom stereocenters. The molecular formula is C10H10N2O2S. The van der Waals surface area contributed by atoms with Gasteiger partial charge in [0.05, 0.1) is 10.6 Å². The summed E-state index contributed by atoms with van der Waals surface area (Å²) in [6, 6.07) is 5.54. The van der Waals surface area contributed by atoms with Crippen LogP contribution in [0.2, 0.25) is 0 Å². The van der Waals surface area contributed by atoms with Crippen LogP contribution in [0.3, 0.4) is 0 Å². The Kier molecular flexibility index (Phi) is 2.64. The van der Waals surface area contributed by atoms with Gasteiger partial charge in [-0.2, -0.15) is 0 Å². The molecule has 0 aliphatic carbocycles. The second-order valence-corrected chi connectivity index (χ2v) is 3.75. The van der Waals surface area contributed by atoms with Crippen LogP contribution in [0.5, 0.6) is 0 Å². The summed E-state index contributed by atoms with van der Waals surface area (Å²) < 4.78 is 4.97. The van der Waals surface area contributed by atoms with Crippen molar-refractivity contribution in [3.05, 3.63) is 34.3 Å². The Morgan fingerprint density at radius 3 is 3.00 bits per heavy atom. The topological polar surface area (TPSA) is 58.4 Å². The molecule has 1 aromatic heterocycles. The van der Waals surface area contributed by atoms with Crippen molar-refractivity contribution in [2.24, 2.45) is 4.99 Å². The van der Waals surface area contributed by atoms with E-state index in [1.54, 1.807) is 18.8 Å². The van der Waals surface area contributed by atoms with Crippen LogP contribution < -0.4 is 5.76 Å². The molecule has 0 fully saturated rings. The summed E-state index contributed by atoms with van der Waals surface area (Å²) >= 11 is 1.56. The van der Waals surface area contributed by atoms with Crippen LogP contribution in [0.4, 0.5) is 0 Å². The summed E-state index contributed by atoms with van der Waals surface area (Å²) in [4.78, 5) is 17.7. The van der Waals surface area contributed by atoms with Gasteiger partial charge < -0.3 is 4.42 Å². The molecular weight excluding hydrogens is 212 g/mol.